The number of hydrogen-bond acceptors (Lipinski definition) is 4. The molecule has 0 radical (unpaired) electrons. The van der Waals surface area contributed by atoms with Gasteiger partial charge < -0.3 is 9.47 Å². The van der Waals surface area contributed by atoms with Gasteiger partial charge in [0.15, 0.2) is 0 Å². The molecule has 1 aliphatic heterocycles. The van der Waals surface area contributed by atoms with Crippen LogP contribution in [0, 0.1) is 18.3 Å². The van der Waals surface area contributed by atoms with E-state index in [1.165, 1.54) is 24.2 Å². The van der Waals surface area contributed by atoms with Crippen molar-refractivity contribution in [1.29, 1.82) is 5.26 Å². The lowest BCUT2D eigenvalue weighted by Gasteiger charge is -2.23. The fourth-order valence-corrected chi connectivity index (χ4v) is 5.11. The number of hydrogen-bond donors (Lipinski definition) is 0. The summed E-state index contributed by atoms with van der Waals surface area (Å²) in [4.78, 5) is 11.5. The van der Waals surface area contributed by atoms with Gasteiger partial charge in [-0.1, -0.05) is 11.6 Å². The zero-order valence-corrected chi connectivity index (χ0v) is 16.7. The van der Waals surface area contributed by atoms with Crippen molar-refractivity contribution >= 4 is 28.2 Å². The predicted molar refractivity (Wildman–Crippen MR) is 111 cm³/mol. The first-order valence-electron chi connectivity index (χ1n) is 9.94. The average Bonchev–Trinajstić information content (AvgIpc) is 3.33. The molecule has 2 aliphatic rings. The number of anilines is 1. The lowest BCUT2D eigenvalue weighted by molar-refractivity contribution is 0.515. The highest BCUT2D eigenvalue weighted by Gasteiger charge is 2.30. The SMILES string of the molecule is Cc1cc(Cl)c2ncc(C#N)c(N3CCC(n4cnc5c4CCCC5)C3)c2c1. The van der Waals surface area contributed by atoms with E-state index in [0.717, 1.165) is 54.5 Å². The van der Waals surface area contributed by atoms with Gasteiger partial charge in [0, 0.05) is 30.4 Å². The molecular formula is C22H22ClN5. The van der Waals surface area contributed by atoms with E-state index in [-0.39, 0.29) is 0 Å². The monoisotopic (exact) mass is 391 g/mol. The normalized spacial score (nSPS) is 19.0. The molecule has 1 aliphatic carbocycles. The fourth-order valence-electron chi connectivity index (χ4n) is 4.78. The Balaban J connectivity index is 1.55. The lowest BCUT2D eigenvalue weighted by Crippen LogP contribution is -2.23. The summed E-state index contributed by atoms with van der Waals surface area (Å²) in [6.07, 6.45) is 9.46. The molecule has 1 saturated heterocycles. The number of aryl methyl sites for hydroxylation is 2. The standard InChI is InChI=1S/C22H22ClN5/c1-14-8-17-21(18(23)9-14)25-11-15(10-24)22(17)27-7-6-16(12-27)28-13-26-19-4-2-3-5-20(19)28/h8-9,11,13,16H,2-7,12H2,1H3. The van der Waals surface area contributed by atoms with Gasteiger partial charge in [0.2, 0.25) is 0 Å². The van der Waals surface area contributed by atoms with Crippen LogP contribution in [-0.4, -0.2) is 27.6 Å². The summed E-state index contributed by atoms with van der Waals surface area (Å²) in [5, 5.41) is 11.3. The van der Waals surface area contributed by atoms with Gasteiger partial charge in [0.25, 0.3) is 0 Å². The molecule has 5 nitrogen and oxygen atoms in total. The minimum absolute atomic E-state index is 0.393. The van der Waals surface area contributed by atoms with Crippen molar-refractivity contribution in [3.63, 3.8) is 0 Å². The second-order valence-electron chi connectivity index (χ2n) is 7.92. The molecule has 142 valence electrons. The van der Waals surface area contributed by atoms with Crippen LogP contribution in [0.2, 0.25) is 5.02 Å². The van der Waals surface area contributed by atoms with Gasteiger partial charge in [-0.3, -0.25) is 4.98 Å². The van der Waals surface area contributed by atoms with Crippen LogP contribution < -0.4 is 4.90 Å². The second-order valence-corrected chi connectivity index (χ2v) is 8.32. The van der Waals surface area contributed by atoms with Crippen LogP contribution in [0.5, 0.6) is 0 Å². The Hall–Kier alpha value is -2.58. The molecular weight excluding hydrogens is 370 g/mol. The number of rotatable bonds is 2. The number of nitriles is 1. The van der Waals surface area contributed by atoms with Crippen molar-refractivity contribution in [3.8, 4) is 6.07 Å². The van der Waals surface area contributed by atoms with E-state index in [2.05, 4.69) is 31.6 Å². The number of pyridine rings is 1. The number of benzene rings is 1. The molecule has 3 heterocycles. The maximum absolute atomic E-state index is 9.72. The summed E-state index contributed by atoms with van der Waals surface area (Å²) < 4.78 is 2.39. The Morgan fingerprint density at radius 1 is 1.21 bits per heavy atom. The summed E-state index contributed by atoms with van der Waals surface area (Å²) in [5.41, 5.74) is 6.12. The molecule has 1 atom stereocenters. The highest BCUT2D eigenvalue weighted by atomic mass is 35.5. The summed E-state index contributed by atoms with van der Waals surface area (Å²) in [6, 6.07) is 6.75. The molecule has 0 amide bonds. The van der Waals surface area contributed by atoms with Crippen LogP contribution in [0.15, 0.2) is 24.7 Å². The van der Waals surface area contributed by atoms with Crippen molar-refractivity contribution < 1.29 is 0 Å². The van der Waals surface area contributed by atoms with Gasteiger partial charge in [0.1, 0.15) is 6.07 Å². The van der Waals surface area contributed by atoms with Crippen LogP contribution in [0.4, 0.5) is 5.69 Å². The van der Waals surface area contributed by atoms with E-state index in [1.54, 1.807) is 6.20 Å². The van der Waals surface area contributed by atoms with Crippen LogP contribution >= 0.6 is 11.6 Å². The third-order valence-electron chi connectivity index (χ3n) is 6.09. The van der Waals surface area contributed by atoms with Crippen molar-refractivity contribution in [2.45, 2.75) is 45.1 Å². The maximum Gasteiger partial charge on any atom is 0.103 e. The first kappa shape index (κ1) is 17.5. The van der Waals surface area contributed by atoms with Crippen LogP contribution in [0.1, 0.15) is 47.8 Å². The van der Waals surface area contributed by atoms with E-state index in [1.807, 2.05) is 19.3 Å². The zero-order chi connectivity index (χ0) is 19.3. The third-order valence-corrected chi connectivity index (χ3v) is 6.38. The first-order valence-corrected chi connectivity index (χ1v) is 10.3. The van der Waals surface area contributed by atoms with E-state index >= 15 is 0 Å². The highest BCUT2D eigenvalue weighted by Crippen LogP contribution is 2.38. The lowest BCUT2D eigenvalue weighted by atomic mass is 10.0. The molecule has 0 saturated carbocycles. The predicted octanol–water partition coefficient (Wildman–Crippen LogP) is 4.60. The van der Waals surface area contributed by atoms with Gasteiger partial charge >= 0.3 is 0 Å². The molecule has 6 heteroatoms. The Kier molecular flexibility index (Phi) is 4.25. The Bertz CT molecular complexity index is 1110. The summed E-state index contributed by atoms with van der Waals surface area (Å²) >= 11 is 6.45. The molecule has 28 heavy (non-hydrogen) atoms. The van der Waals surface area contributed by atoms with E-state index in [9.17, 15) is 5.26 Å². The smallest absolute Gasteiger partial charge is 0.103 e. The number of fused-ring (bicyclic) bond motifs is 2. The highest BCUT2D eigenvalue weighted by molar-refractivity contribution is 6.35. The second kappa shape index (κ2) is 6.79. The summed E-state index contributed by atoms with van der Waals surface area (Å²) in [6.45, 7) is 3.82. The number of imidazole rings is 1. The molecule has 2 aromatic heterocycles. The number of nitrogens with zero attached hydrogens (tertiary/aromatic N) is 5. The van der Waals surface area contributed by atoms with Gasteiger partial charge in [-0.15, -0.1) is 0 Å². The van der Waals surface area contributed by atoms with Crippen molar-refractivity contribution in [3.05, 3.63) is 52.2 Å². The average molecular weight is 392 g/mol. The van der Waals surface area contributed by atoms with Gasteiger partial charge in [-0.2, -0.15) is 5.26 Å². The molecule has 1 unspecified atom stereocenters. The van der Waals surface area contributed by atoms with Crippen molar-refractivity contribution in [2.75, 3.05) is 18.0 Å². The van der Waals surface area contributed by atoms with Crippen LogP contribution in [0.3, 0.4) is 0 Å². The van der Waals surface area contributed by atoms with E-state index in [4.69, 9.17) is 11.6 Å². The fraction of sp³-hybridized carbons (Fsp3) is 0.409. The van der Waals surface area contributed by atoms with Gasteiger partial charge in [0.05, 0.1) is 39.9 Å². The molecule has 0 N–H and O–H groups in total. The third kappa shape index (κ3) is 2.75. The topological polar surface area (TPSA) is 57.7 Å². The van der Waals surface area contributed by atoms with Crippen molar-refractivity contribution in [2.24, 2.45) is 0 Å². The molecule has 1 aromatic carbocycles. The Morgan fingerprint density at radius 3 is 2.93 bits per heavy atom. The van der Waals surface area contributed by atoms with Gasteiger partial charge in [-0.25, -0.2) is 4.98 Å². The van der Waals surface area contributed by atoms with E-state index in [0.29, 0.717) is 16.6 Å². The molecule has 5 rings (SSSR count). The Morgan fingerprint density at radius 2 is 2.07 bits per heavy atom. The van der Waals surface area contributed by atoms with Crippen molar-refractivity contribution in [1.82, 2.24) is 14.5 Å². The van der Waals surface area contributed by atoms with Gasteiger partial charge in [-0.05, 0) is 56.7 Å². The zero-order valence-electron chi connectivity index (χ0n) is 16.0. The quantitative estimate of drug-likeness (QED) is 0.640. The number of halogens is 1. The summed E-state index contributed by atoms with van der Waals surface area (Å²) in [7, 11) is 0. The van der Waals surface area contributed by atoms with E-state index < -0.39 is 0 Å². The molecule has 0 bridgehead atoms. The minimum Gasteiger partial charge on any atom is -0.368 e. The first-order chi connectivity index (χ1) is 13.7. The largest absolute Gasteiger partial charge is 0.368 e. The molecule has 1 fully saturated rings. The Labute approximate surface area is 169 Å². The minimum atomic E-state index is 0.393. The molecule has 3 aromatic rings. The number of aromatic nitrogens is 3. The van der Waals surface area contributed by atoms with Crippen LogP contribution in [0.25, 0.3) is 10.9 Å². The van der Waals surface area contributed by atoms with Crippen LogP contribution in [-0.2, 0) is 12.8 Å². The molecule has 0 spiro atoms. The summed E-state index contributed by atoms with van der Waals surface area (Å²) in [5.74, 6) is 0. The maximum atomic E-state index is 9.72.